The van der Waals surface area contributed by atoms with E-state index in [1.165, 1.54) is 19.3 Å². The number of alkyl halides is 3. The Morgan fingerprint density at radius 2 is 1.79 bits per heavy atom. The van der Waals surface area contributed by atoms with Gasteiger partial charge >= 0.3 is 18.2 Å². The smallest absolute Gasteiger partial charge is 0.475 e. The Balaban J connectivity index is 0.000000383. The predicted octanol–water partition coefficient (Wildman–Crippen LogP) is 3.09. The van der Waals surface area contributed by atoms with E-state index in [1.54, 1.807) is 12.4 Å². The lowest BCUT2D eigenvalue weighted by Crippen LogP contribution is -2.44. The number of carboxylic acids is 1. The fourth-order valence-corrected chi connectivity index (χ4v) is 4.56. The van der Waals surface area contributed by atoms with E-state index in [2.05, 4.69) is 15.6 Å². The van der Waals surface area contributed by atoms with Gasteiger partial charge in [0.05, 0.1) is 0 Å². The second-order valence-electron chi connectivity index (χ2n) is 8.95. The molecule has 1 aromatic rings. The number of amides is 3. The Morgan fingerprint density at radius 3 is 2.39 bits per heavy atom. The van der Waals surface area contributed by atoms with Gasteiger partial charge in [0.25, 0.3) is 0 Å². The number of rotatable bonds is 4. The van der Waals surface area contributed by atoms with E-state index in [4.69, 9.17) is 9.90 Å². The Bertz CT molecular complexity index is 846. The van der Waals surface area contributed by atoms with Gasteiger partial charge < -0.3 is 20.6 Å². The van der Waals surface area contributed by atoms with Crippen LogP contribution in [0, 0.1) is 11.3 Å². The Labute approximate surface area is 189 Å². The molecule has 1 aromatic heterocycles. The number of aliphatic carboxylic acids is 1. The molecule has 2 heterocycles. The number of aromatic nitrogens is 1. The first kappa shape index (κ1) is 24.8. The van der Waals surface area contributed by atoms with Crippen molar-refractivity contribution < 1.29 is 32.7 Å². The summed E-state index contributed by atoms with van der Waals surface area (Å²) in [5, 5.41) is 13.4. The van der Waals surface area contributed by atoms with Gasteiger partial charge in [-0.2, -0.15) is 13.2 Å². The molecule has 182 valence electrons. The van der Waals surface area contributed by atoms with Crippen molar-refractivity contribution in [2.75, 3.05) is 13.1 Å². The summed E-state index contributed by atoms with van der Waals surface area (Å²) in [7, 11) is 0. The zero-order chi connectivity index (χ0) is 24.1. The molecule has 2 saturated carbocycles. The summed E-state index contributed by atoms with van der Waals surface area (Å²) in [6.07, 6.45) is 6.16. The number of hydrogen-bond acceptors (Lipinski definition) is 4. The van der Waals surface area contributed by atoms with E-state index < -0.39 is 12.1 Å². The SMILES string of the molecule is O=C(NCc1ccncc1)C1CC12CCN(C(=O)NC1CCCCC1)C2.O=C(O)C(F)(F)F. The maximum Gasteiger partial charge on any atom is 0.490 e. The minimum atomic E-state index is -5.08. The van der Waals surface area contributed by atoms with Crippen LogP contribution in [0.15, 0.2) is 24.5 Å². The standard InChI is InChI=1S/C20H28N4O2.C2HF3O2/c25-18(22-13-15-6-9-21-10-7-15)17-12-20(17)8-11-24(14-20)19(26)23-16-4-2-1-3-5-16;3-2(4,5)1(6)7/h6-7,9-10,16-17H,1-5,8,11-14H2,(H,22,25)(H,23,26);(H,6,7). The van der Waals surface area contributed by atoms with Crippen LogP contribution in [0.1, 0.15) is 50.5 Å². The van der Waals surface area contributed by atoms with Crippen LogP contribution >= 0.6 is 0 Å². The highest BCUT2D eigenvalue weighted by Gasteiger charge is 2.61. The average Bonchev–Trinajstić information content (AvgIpc) is 3.32. The number of urea groups is 1. The summed E-state index contributed by atoms with van der Waals surface area (Å²) in [5.41, 5.74) is 1.08. The summed E-state index contributed by atoms with van der Waals surface area (Å²) in [4.78, 5) is 39.8. The summed E-state index contributed by atoms with van der Waals surface area (Å²) < 4.78 is 31.7. The summed E-state index contributed by atoms with van der Waals surface area (Å²) in [5.74, 6) is -2.58. The molecule has 33 heavy (non-hydrogen) atoms. The number of carbonyl (C=O) groups is 3. The van der Waals surface area contributed by atoms with Gasteiger partial charge in [0.15, 0.2) is 0 Å². The van der Waals surface area contributed by atoms with Crippen molar-refractivity contribution in [3.63, 3.8) is 0 Å². The second kappa shape index (κ2) is 10.4. The van der Waals surface area contributed by atoms with Crippen molar-refractivity contribution in [3.05, 3.63) is 30.1 Å². The Morgan fingerprint density at radius 1 is 1.15 bits per heavy atom. The second-order valence-corrected chi connectivity index (χ2v) is 8.95. The number of carbonyl (C=O) groups excluding carboxylic acids is 2. The molecule has 3 amide bonds. The van der Waals surface area contributed by atoms with E-state index in [9.17, 15) is 22.8 Å². The molecule has 2 unspecified atom stereocenters. The van der Waals surface area contributed by atoms with E-state index in [1.807, 2.05) is 17.0 Å². The molecule has 1 spiro atoms. The molecule has 0 aromatic carbocycles. The highest BCUT2D eigenvalue weighted by molar-refractivity contribution is 5.83. The number of carboxylic acid groups (broad SMARTS) is 1. The Hall–Kier alpha value is -2.85. The highest BCUT2D eigenvalue weighted by atomic mass is 19.4. The van der Waals surface area contributed by atoms with Gasteiger partial charge in [0.2, 0.25) is 5.91 Å². The molecule has 8 nitrogen and oxygen atoms in total. The van der Waals surface area contributed by atoms with E-state index in [0.717, 1.165) is 44.3 Å². The zero-order valence-electron chi connectivity index (χ0n) is 18.2. The van der Waals surface area contributed by atoms with Gasteiger partial charge in [-0.3, -0.25) is 9.78 Å². The lowest BCUT2D eigenvalue weighted by molar-refractivity contribution is -0.192. The minimum Gasteiger partial charge on any atom is -0.475 e. The number of likely N-dealkylation sites (tertiary alicyclic amines) is 1. The van der Waals surface area contributed by atoms with Crippen LogP contribution in [-0.4, -0.2) is 58.2 Å². The molecule has 0 radical (unpaired) electrons. The molecular formula is C22H29F3N4O4. The summed E-state index contributed by atoms with van der Waals surface area (Å²) in [6.45, 7) is 2.03. The van der Waals surface area contributed by atoms with Gasteiger partial charge in [0.1, 0.15) is 0 Å². The van der Waals surface area contributed by atoms with Crippen molar-refractivity contribution in [2.24, 2.45) is 11.3 Å². The van der Waals surface area contributed by atoms with Gasteiger partial charge in [-0.05, 0) is 43.4 Å². The monoisotopic (exact) mass is 470 g/mol. The van der Waals surface area contributed by atoms with Crippen LogP contribution in [0.3, 0.4) is 0 Å². The molecule has 11 heteroatoms. The van der Waals surface area contributed by atoms with E-state index in [-0.39, 0.29) is 23.3 Å². The van der Waals surface area contributed by atoms with Crippen molar-refractivity contribution in [3.8, 4) is 0 Å². The number of halogens is 3. The first-order chi connectivity index (χ1) is 15.6. The van der Waals surface area contributed by atoms with Crippen LogP contribution in [0.5, 0.6) is 0 Å². The summed E-state index contributed by atoms with van der Waals surface area (Å²) in [6, 6.07) is 4.23. The molecule has 0 bridgehead atoms. The number of nitrogens with one attached hydrogen (secondary N) is 2. The molecule has 1 saturated heterocycles. The van der Waals surface area contributed by atoms with Crippen molar-refractivity contribution in [2.45, 2.75) is 63.7 Å². The van der Waals surface area contributed by atoms with Crippen LogP contribution < -0.4 is 10.6 Å². The van der Waals surface area contributed by atoms with Crippen LogP contribution in [-0.2, 0) is 16.1 Å². The first-order valence-corrected chi connectivity index (χ1v) is 11.1. The number of pyridine rings is 1. The van der Waals surface area contributed by atoms with Gasteiger partial charge in [-0.15, -0.1) is 0 Å². The average molecular weight is 470 g/mol. The van der Waals surface area contributed by atoms with Crippen LogP contribution in [0.2, 0.25) is 0 Å². The fraction of sp³-hybridized carbons (Fsp3) is 0.636. The van der Waals surface area contributed by atoms with Gasteiger partial charge in [-0.1, -0.05) is 19.3 Å². The van der Waals surface area contributed by atoms with Crippen molar-refractivity contribution in [1.82, 2.24) is 20.5 Å². The van der Waals surface area contributed by atoms with Gasteiger partial charge in [0, 0.05) is 49.4 Å². The first-order valence-electron chi connectivity index (χ1n) is 11.1. The zero-order valence-corrected chi connectivity index (χ0v) is 18.2. The summed E-state index contributed by atoms with van der Waals surface area (Å²) >= 11 is 0. The molecule has 4 rings (SSSR count). The van der Waals surface area contributed by atoms with E-state index in [0.29, 0.717) is 12.6 Å². The Kier molecular flexibility index (Phi) is 7.80. The lowest BCUT2D eigenvalue weighted by atomic mass is 9.96. The number of nitrogens with zero attached hydrogens (tertiary/aromatic N) is 2. The fourth-order valence-electron chi connectivity index (χ4n) is 4.56. The normalized spacial score (nSPS) is 24.6. The van der Waals surface area contributed by atoms with Crippen LogP contribution in [0.25, 0.3) is 0 Å². The molecule has 3 aliphatic rings. The van der Waals surface area contributed by atoms with E-state index >= 15 is 0 Å². The molecule has 2 aliphatic carbocycles. The molecule has 3 fully saturated rings. The topological polar surface area (TPSA) is 112 Å². The minimum absolute atomic E-state index is 0.0201. The number of hydrogen-bond donors (Lipinski definition) is 3. The maximum atomic E-state index is 12.5. The third kappa shape index (κ3) is 6.82. The quantitative estimate of drug-likeness (QED) is 0.626. The third-order valence-corrected chi connectivity index (χ3v) is 6.57. The lowest BCUT2D eigenvalue weighted by Gasteiger charge is -2.26. The largest absolute Gasteiger partial charge is 0.490 e. The van der Waals surface area contributed by atoms with Gasteiger partial charge in [-0.25, -0.2) is 9.59 Å². The maximum absolute atomic E-state index is 12.5. The molecular weight excluding hydrogens is 441 g/mol. The van der Waals surface area contributed by atoms with Crippen LogP contribution in [0.4, 0.5) is 18.0 Å². The third-order valence-electron chi connectivity index (χ3n) is 6.57. The molecule has 3 N–H and O–H groups in total. The highest BCUT2D eigenvalue weighted by Crippen LogP contribution is 2.58. The van der Waals surface area contributed by atoms with Crippen molar-refractivity contribution >= 4 is 17.9 Å². The van der Waals surface area contributed by atoms with Crippen molar-refractivity contribution in [1.29, 1.82) is 0 Å². The molecule has 2 atom stereocenters. The predicted molar refractivity (Wildman–Crippen MR) is 112 cm³/mol. The molecule has 1 aliphatic heterocycles.